The Morgan fingerprint density at radius 3 is 2.47 bits per heavy atom. The van der Waals surface area contributed by atoms with Gasteiger partial charge in [-0.25, -0.2) is 4.79 Å². The zero-order chi connectivity index (χ0) is 23.7. The maximum absolute atomic E-state index is 12.9. The molecule has 7 heteroatoms. The lowest BCUT2D eigenvalue weighted by molar-refractivity contribution is 0.0245. The minimum atomic E-state index is -0.584. The molecule has 1 N–H and O–H groups in total. The van der Waals surface area contributed by atoms with Gasteiger partial charge in [0.1, 0.15) is 12.2 Å². The fourth-order valence-electron chi connectivity index (χ4n) is 2.89. The van der Waals surface area contributed by atoms with Gasteiger partial charge in [0.15, 0.2) is 11.5 Å². The number of para-hydroxylation sites is 1. The van der Waals surface area contributed by atoms with Gasteiger partial charge < -0.3 is 24.4 Å². The standard InChI is InChI=1S/C25H32N2O5/c1-7-15-31-21-14-13-18(16-22(21)30-6)23(28)26-20-12-10-9-11-19(20)17-27(8-2)24(29)32-25(3,4)5/h7,9-14,16H,1,8,15,17H2,2-6H3,(H,26,28). The van der Waals surface area contributed by atoms with E-state index >= 15 is 0 Å². The van der Waals surface area contributed by atoms with Crippen LogP contribution in [0.15, 0.2) is 55.1 Å². The Balaban J connectivity index is 2.19. The molecule has 0 unspecified atom stereocenters. The van der Waals surface area contributed by atoms with E-state index in [9.17, 15) is 9.59 Å². The fourth-order valence-corrected chi connectivity index (χ4v) is 2.89. The van der Waals surface area contributed by atoms with Gasteiger partial charge in [-0.2, -0.15) is 0 Å². The van der Waals surface area contributed by atoms with Crippen LogP contribution in [0.1, 0.15) is 43.6 Å². The third kappa shape index (κ3) is 7.04. The summed E-state index contributed by atoms with van der Waals surface area (Å²) in [5.74, 6) is 0.682. The van der Waals surface area contributed by atoms with E-state index in [-0.39, 0.29) is 5.91 Å². The van der Waals surface area contributed by atoms with Gasteiger partial charge in [0.05, 0.1) is 13.7 Å². The first-order chi connectivity index (χ1) is 15.2. The van der Waals surface area contributed by atoms with Crippen molar-refractivity contribution in [3.63, 3.8) is 0 Å². The highest BCUT2D eigenvalue weighted by atomic mass is 16.6. The molecule has 0 aliphatic heterocycles. The van der Waals surface area contributed by atoms with Crippen molar-refractivity contribution >= 4 is 17.7 Å². The lowest BCUT2D eigenvalue weighted by Crippen LogP contribution is -2.36. The van der Waals surface area contributed by atoms with E-state index < -0.39 is 11.7 Å². The predicted molar refractivity (Wildman–Crippen MR) is 125 cm³/mol. The van der Waals surface area contributed by atoms with Crippen molar-refractivity contribution in [1.82, 2.24) is 4.90 Å². The fraction of sp³-hybridized carbons (Fsp3) is 0.360. The van der Waals surface area contributed by atoms with Crippen molar-refractivity contribution < 1.29 is 23.8 Å². The number of carbonyl (C=O) groups excluding carboxylic acids is 2. The van der Waals surface area contributed by atoms with E-state index in [0.717, 1.165) is 5.56 Å². The van der Waals surface area contributed by atoms with Crippen molar-refractivity contribution in [3.8, 4) is 11.5 Å². The summed E-state index contributed by atoms with van der Waals surface area (Å²) >= 11 is 0. The number of hydrogen-bond acceptors (Lipinski definition) is 5. The molecular weight excluding hydrogens is 408 g/mol. The van der Waals surface area contributed by atoms with Crippen LogP contribution in [0, 0.1) is 0 Å². The van der Waals surface area contributed by atoms with Crippen molar-refractivity contribution in [2.75, 3.05) is 25.6 Å². The van der Waals surface area contributed by atoms with Crippen LogP contribution in [0.25, 0.3) is 0 Å². The van der Waals surface area contributed by atoms with Crippen molar-refractivity contribution in [3.05, 3.63) is 66.2 Å². The van der Waals surface area contributed by atoms with Gasteiger partial charge in [0.2, 0.25) is 0 Å². The van der Waals surface area contributed by atoms with Gasteiger partial charge in [0.25, 0.3) is 5.91 Å². The lowest BCUT2D eigenvalue weighted by atomic mass is 10.1. The summed E-state index contributed by atoms with van der Waals surface area (Å²) in [6, 6.07) is 12.3. The number of nitrogens with one attached hydrogen (secondary N) is 1. The molecule has 2 aromatic carbocycles. The number of ether oxygens (including phenoxy) is 3. The molecule has 0 bridgehead atoms. The first-order valence-electron chi connectivity index (χ1n) is 10.5. The van der Waals surface area contributed by atoms with Gasteiger partial charge >= 0.3 is 6.09 Å². The molecule has 32 heavy (non-hydrogen) atoms. The molecule has 2 rings (SSSR count). The maximum atomic E-state index is 12.9. The van der Waals surface area contributed by atoms with Crippen LogP contribution in [0.5, 0.6) is 11.5 Å². The van der Waals surface area contributed by atoms with Gasteiger partial charge in [-0.15, -0.1) is 0 Å². The van der Waals surface area contributed by atoms with Gasteiger partial charge in [-0.05, 0) is 57.5 Å². The Hall–Kier alpha value is -3.48. The Morgan fingerprint density at radius 2 is 1.84 bits per heavy atom. The number of hydrogen-bond donors (Lipinski definition) is 1. The summed E-state index contributed by atoms with van der Waals surface area (Å²) in [5.41, 5.74) is 1.25. The minimum absolute atomic E-state index is 0.300. The molecule has 0 saturated carbocycles. The van der Waals surface area contributed by atoms with E-state index in [1.54, 1.807) is 35.2 Å². The summed E-state index contributed by atoms with van der Waals surface area (Å²) in [7, 11) is 1.52. The SMILES string of the molecule is C=CCOc1ccc(C(=O)Nc2ccccc2CN(CC)C(=O)OC(C)(C)C)cc1OC. The van der Waals surface area contributed by atoms with Crippen LogP contribution in [0.2, 0.25) is 0 Å². The van der Waals surface area contributed by atoms with Crippen LogP contribution < -0.4 is 14.8 Å². The molecule has 0 aromatic heterocycles. The number of nitrogens with zero attached hydrogens (tertiary/aromatic N) is 1. The molecule has 0 radical (unpaired) electrons. The minimum Gasteiger partial charge on any atom is -0.493 e. The highest BCUT2D eigenvalue weighted by Crippen LogP contribution is 2.29. The smallest absolute Gasteiger partial charge is 0.410 e. The summed E-state index contributed by atoms with van der Waals surface area (Å²) in [5, 5.41) is 2.93. The number of amides is 2. The second-order valence-corrected chi connectivity index (χ2v) is 8.07. The van der Waals surface area contributed by atoms with Crippen molar-refractivity contribution in [1.29, 1.82) is 0 Å². The van der Waals surface area contributed by atoms with Crippen LogP contribution in [-0.2, 0) is 11.3 Å². The van der Waals surface area contributed by atoms with Gasteiger partial charge in [-0.1, -0.05) is 30.9 Å². The molecule has 0 fully saturated rings. The topological polar surface area (TPSA) is 77.1 Å². The Kier molecular flexibility index (Phi) is 8.70. The molecule has 0 saturated heterocycles. The molecular formula is C25H32N2O5. The first kappa shape index (κ1) is 24.8. The normalized spacial score (nSPS) is 10.8. The Morgan fingerprint density at radius 1 is 1.12 bits per heavy atom. The molecule has 2 amide bonds. The predicted octanol–water partition coefficient (Wildman–Crippen LogP) is 5.27. The van der Waals surface area contributed by atoms with E-state index in [1.807, 2.05) is 45.9 Å². The lowest BCUT2D eigenvalue weighted by Gasteiger charge is -2.27. The van der Waals surface area contributed by atoms with E-state index in [4.69, 9.17) is 14.2 Å². The second-order valence-electron chi connectivity index (χ2n) is 8.07. The second kappa shape index (κ2) is 11.2. The van der Waals surface area contributed by atoms with Crippen LogP contribution in [0.4, 0.5) is 10.5 Å². The highest BCUT2D eigenvalue weighted by Gasteiger charge is 2.22. The zero-order valence-corrected chi connectivity index (χ0v) is 19.4. The Labute approximate surface area is 190 Å². The molecule has 0 atom stereocenters. The van der Waals surface area contributed by atoms with E-state index in [0.29, 0.717) is 42.4 Å². The molecule has 0 spiro atoms. The first-order valence-corrected chi connectivity index (χ1v) is 10.5. The molecule has 2 aromatic rings. The largest absolute Gasteiger partial charge is 0.493 e. The van der Waals surface area contributed by atoms with Crippen LogP contribution in [0.3, 0.4) is 0 Å². The number of rotatable bonds is 9. The van der Waals surface area contributed by atoms with Gasteiger partial charge in [-0.3, -0.25) is 4.79 Å². The highest BCUT2D eigenvalue weighted by molar-refractivity contribution is 6.05. The maximum Gasteiger partial charge on any atom is 0.410 e. The van der Waals surface area contributed by atoms with E-state index in [2.05, 4.69) is 11.9 Å². The summed E-state index contributed by atoms with van der Waals surface area (Å²) in [6.07, 6.45) is 1.23. The van der Waals surface area contributed by atoms with Gasteiger partial charge in [0, 0.05) is 17.8 Å². The molecule has 0 heterocycles. The third-order valence-corrected chi connectivity index (χ3v) is 4.44. The number of carbonyl (C=O) groups is 2. The summed E-state index contributed by atoms with van der Waals surface area (Å²) in [4.78, 5) is 27.0. The molecule has 0 aliphatic rings. The molecule has 172 valence electrons. The average molecular weight is 441 g/mol. The molecule has 0 aliphatic carbocycles. The quantitative estimate of drug-likeness (QED) is 0.538. The number of methoxy groups -OCH3 is 1. The monoisotopic (exact) mass is 440 g/mol. The van der Waals surface area contributed by atoms with Crippen LogP contribution in [-0.4, -0.2) is 42.8 Å². The third-order valence-electron chi connectivity index (χ3n) is 4.44. The average Bonchev–Trinajstić information content (AvgIpc) is 2.75. The number of anilines is 1. The number of benzene rings is 2. The Bertz CT molecular complexity index is 950. The zero-order valence-electron chi connectivity index (χ0n) is 19.4. The molecule has 7 nitrogen and oxygen atoms in total. The summed E-state index contributed by atoms with van der Waals surface area (Å²) in [6.45, 7) is 12.1. The van der Waals surface area contributed by atoms with Crippen molar-refractivity contribution in [2.45, 2.75) is 39.8 Å². The van der Waals surface area contributed by atoms with Crippen LogP contribution >= 0.6 is 0 Å². The summed E-state index contributed by atoms with van der Waals surface area (Å²) < 4.78 is 16.4. The van der Waals surface area contributed by atoms with Crippen molar-refractivity contribution in [2.24, 2.45) is 0 Å². The van der Waals surface area contributed by atoms with E-state index in [1.165, 1.54) is 7.11 Å².